The minimum absolute atomic E-state index is 0.0491. The number of hydrogen-bond acceptors (Lipinski definition) is 1. The SMILES string of the molecule is CC.CNC(=O)c1cccc2c(C3(c4ccc(C)cc4)CCC3)c[nH]c12. The topological polar surface area (TPSA) is 44.9 Å². The van der Waals surface area contributed by atoms with Crippen LogP contribution in [0.4, 0.5) is 0 Å². The van der Waals surface area contributed by atoms with Crippen LogP contribution >= 0.6 is 0 Å². The highest BCUT2D eigenvalue weighted by atomic mass is 16.1. The summed E-state index contributed by atoms with van der Waals surface area (Å²) in [7, 11) is 1.67. The number of nitrogens with one attached hydrogen (secondary N) is 2. The zero-order valence-corrected chi connectivity index (χ0v) is 16.1. The van der Waals surface area contributed by atoms with Gasteiger partial charge in [-0.1, -0.05) is 62.2 Å². The number of hydrogen-bond donors (Lipinski definition) is 2. The van der Waals surface area contributed by atoms with Crippen molar-refractivity contribution in [3.05, 3.63) is 70.9 Å². The first-order valence-corrected chi connectivity index (χ1v) is 9.55. The number of H-pyrrole nitrogens is 1. The van der Waals surface area contributed by atoms with Crippen molar-refractivity contribution in [2.45, 2.75) is 45.4 Å². The van der Waals surface area contributed by atoms with Crippen molar-refractivity contribution in [2.75, 3.05) is 7.05 Å². The van der Waals surface area contributed by atoms with Crippen molar-refractivity contribution in [1.82, 2.24) is 10.3 Å². The molecule has 0 spiro atoms. The molecule has 1 aliphatic carbocycles. The summed E-state index contributed by atoms with van der Waals surface area (Å²) in [5.74, 6) is -0.0491. The second kappa shape index (κ2) is 7.36. The molecule has 1 aromatic heterocycles. The van der Waals surface area contributed by atoms with Gasteiger partial charge in [0.15, 0.2) is 0 Å². The maximum Gasteiger partial charge on any atom is 0.253 e. The van der Waals surface area contributed by atoms with Gasteiger partial charge in [0.2, 0.25) is 0 Å². The summed E-state index contributed by atoms with van der Waals surface area (Å²) < 4.78 is 0. The molecule has 4 rings (SSSR count). The molecule has 2 N–H and O–H groups in total. The molecular weight excluding hydrogens is 320 g/mol. The summed E-state index contributed by atoms with van der Waals surface area (Å²) in [6.07, 6.45) is 5.67. The lowest BCUT2D eigenvalue weighted by Crippen LogP contribution is -2.35. The highest BCUT2D eigenvalue weighted by Gasteiger charge is 2.42. The Morgan fingerprint density at radius 3 is 2.35 bits per heavy atom. The number of para-hydroxylation sites is 1. The molecule has 0 bridgehead atoms. The second-order valence-corrected chi connectivity index (χ2v) is 6.81. The van der Waals surface area contributed by atoms with E-state index in [1.54, 1.807) is 7.05 Å². The quantitative estimate of drug-likeness (QED) is 0.660. The maximum atomic E-state index is 12.1. The third-order valence-corrected chi connectivity index (χ3v) is 5.51. The van der Waals surface area contributed by atoms with E-state index in [0.717, 1.165) is 23.7 Å². The van der Waals surface area contributed by atoms with Crippen LogP contribution in [0, 0.1) is 6.92 Å². The van der Waals surface area contributed by atoms with Gasteiger partial charge in [-0.05, 0) is 37.0 Å². The molecule has 26 heavy (non-hydrogen) atoms. The molecule has 136 valence electrons. The Morgan fingerprint density at radius 1 is 1.08 bits per heavy atom. The van der Waals surface area contributed by atoms with Gasteiger partial charge in [0.05, 0.1) is 11.1 Å². The molecule has 1 heterocycles. The summed E-state index contributed by atoms with van der Waals surface area (Å²) in [6.45, 7) is 6.12. The van der Waals surface area contributed by atoms with Gasteiger partial charge in [0, 0.05) is 24.0 Å². The zero-order chi connectivity index (χ0) is 18.7. The van der Waals surface area contributed by atoms with Crippen molar-refractivity contribution in [2.24, 2.45) is 0 Å². The number of aryl methyl sites for hydroxylation is 1. The Kier molecular flexibility index (Phi) is 5.17. The van der Waals surface area contributed by atoms with Crippen LogP contribution < -0.4 is 5.32 Å². The Bertz CT molecular complexity index is 902. The lowest BCUT2D eigenvalue weighted by molar-refractivity contribution is 0.0964. The van der Waals surface area contributed by atoms with Gasteiger partial charge in [0.25, 0.3) is 5.91 Å². The van der Waals surface area contributed by atoms with Crippen LogP contribution in [0.3, 0.4) is 0 Å². The lowest BCUT2D eigenvalue weighted by atomic mass is 9.60. The molecule has 1 amide bonds. The molecular formula is C23H28N2O. The van der Waals surface area contributed by atoms with E-state index in [-0.39, 0.29) is 11.3 Å². The highest BCUT2D eigenvalue weighted by molar-refractivity contribution is 6.06. The van der Waals surface area contributed by atoms with E-state index < -0.39 is 0 Å². The van der Waals surface area contributed by atoms with Crippen molar-refractivity contribution in [3.8, 4) is 0 Å². The molecule has 3 aromatic rings. The van der Waals surface area contributed by atoms with Crippen LogP contribution in [0.15, 0.2) is 48.7 Å². The fourth-order valence-corrected chi connectivity index (χ4v) is 3.99. The van der Waals surface area contributed by atoms with Gasteiger partial charge < -0.3 is 10.3 Å². The van der Waals surface area contributed by atoms with Gasteiger partial charge in [-0.2, -0.15) is 0 Å². The second-order valence-electron chi connectivity index (χ2n) is 6.81. The van der Waals surface area contributed by atoms with Crippen LogP contribution in [0.25, 0.3) is 10.9 Å². The fourth-order valence-electron chi connectivity index (χ4n) is 3.99. The first-order valence-electron chi connectivity index (χ1n) is 9.55. The van der Waals surface area contributed by atoms with E-state index in [1.807, 2.05) is 26.0 Å². The van der Waals surface area contributed by atoms with Crippen LogP contribution in [-0.4, -0.2) is 17.9 Å². The minimum Gasteiger partial charge on any atom is -0.360 e. The van der Waals surface area contributed by atoms with Gasteiger partial charge in [-0.3, -0.25) is 4.79 Å². The average Bonchev–Trinajstić information content (AvgIpc) is 3.08. The summed E-state index contributed by atoms with van der Waals surface area (Å²) in [4.78, 5) is 15.5. The number of rotatable bonds is 3. The van der Waals surface area contributed by atoms with E-state index in [0.29, 0.717) is 5.56 Å². The molecule has 0 unspecified atom stereocenters. The molecule has 3 heteroatoms. The van der Waals surface area contributed by atoms with E-state index in [4.69, 9.17) is 0 Å². The number of fused-ring (bicyclic) bond motifs is 1. The smallest absolute Gasteiger partial charge is 0.253 e. The Morgan fingerprint density at radius 2 is 1.77 bits per heavy atom. The molecule has 1 saturated carbocycles. The normalized spacial score (nSPS) is 14.9. The highest BCUT2D eigenvalue weighted by Crippen LogP contribution is 2.51. The number of benzene rings is 2. The van der Waals surface area contributed by atoms with Crippen LogP contribution in [0.1, 0.15) is 60.2 Å². The third-order valence-electron chi connectivity index (χ3n) is 5.51. The van der Waals surface area contributed by atoms with Crippen LogP contribution in [0.2, 0.25) is 0 Å². The molecule has 1 fully saturated rings. The monoisotopic (exact) mass is 348 g/mol. The van der Waals surface area contributed by atoms with Crippen LogP contribution in [-0.2, 0) is 5.41 Å². The number of aromatic nitrogens is 1. The molecule has 0 saturated heterocycles. The summed E-state index contributed by atoms with van der Waals surface area (Å²) in [6, 6.07) is 14.9. The fraction of sp³-hybridized carbons (Fsp3) is 0.348. The first kappa shape index (κ1) is 18.2. The number of carbonyl (C=O) groups excluding carboxylic acids is 1. The molecule has 0 radical (unpaired) electrons. The summed E-state index contributed by atoms with van der Waals surface area (Å²) in [5, 5.41) is 3.89. The van der Waals surface area contributed by atoms with Gasteiger partial charge in [0.1, 0.15) is 0 Å². The minimum atomic E-state index is -0.0491. The van der Waals surface area contributed by atoms with Crippen molar-refractivity contribution in [3.63, 3.8) is 0 Å². The molecule has 0 atom stereocenters. The Hall–Kier alpha value is -2.55. The molecule has 1 aliphatic rings. The van der Waals surface area contributed by atoms with Crippen LogP contribution in [0.5, 0.6) is 0 Å². The van der Waals surface area contributed by atoms with Crippen molar-refractivity contribution in [1.29, 1.82) is 0 Å². The predicted molar refractivity (Wildman–Crippen MR) is 109 cm³/mol. The lowest BCUT2D eigenvalue weighted by Gasteiger charge is -2.42. The molecule has 2 aromatic carbocycles. The first-order chi connectivity index (χ1) is 12.7. The van der Waals surface area contributed by atoms with E-state index in [1.165, 1.54) is 23.1 Å². The Balaban J connectivity index is 0.000000948. The number of aromatic amines is 1. The van der Waals surface area contributed by atoms with Crippen molar-refractivity contribution >= 4 is 16.8 Å². The largest absolute Gasteiger partial charge is 0.360 e. The zero-order valence-electron chi connectivity index (χ0n) is 16.1. The summed E-state index contributed by atoms with van der Waals surface area (Å²) in [5.41, 5.74) is 5.70. The van der Waals surface area contributed by atoms with E-state index in [9.17, 15) is 4.79 Å². The summed E-state index contributed by atoms with van der Waals surface area (Å²) >= 11 is 0. The standard InChI is InChI=1S/C21H22N2O.C2H6/c1-14-7-9-15(10-8-14)21(11-4-12-21)18-13-23-19-16(18)5-3-6-17(19)20(24)22-2;1-2/h3,5-10,13,23H,4,11-12H2,1-2H3,(H,22,24);1-2H3. The van der Waals surface area contributed by atoms with Gasteiger partial charge in [-0.25, -0.2) is 0 Å². The third kappa shape index (κ3) is 2.82. The predicted octanol–water partition coefficient (Wildman–Crippen LogP) is 5.33. The van der Waals surface area contributed by atoms with Gasteiger partial charge in [-0.15, -0.1) is 0 Å². The molecule has 0 aliphatic heterocycles. The Labute approximate surface area is 155 Å². The number of carbonyl (C=O) groups is 1. The van der Waals surface area contributed by atoms with E-state index >= 15 is 0 Å². The maximum absolute atomic E-state index is 12.1. The average molecular weight is 348 g/mol. The van der Waals surface area contributed by atoms with E-state index in [2.05, 4.69) is 53.8 Å². The van der Waals surface area contributed by atoms with Gasteiger partial charge >= 0.3 is 0 Å². The molecule has 3 nitrogen and oxygen atoms in total. The van der Waals surface area contributed by atoms with Crippen molar-refractivity contribution < 1.29 is 4.79 Å². The number of amides is 1.